The van der Waals surface area contributed by atoms with Crippen molar-refractivity contribution in [3.8, 4) is 0 Å². The minimum absolute atomic E-state index is 0.155. The number of benzene rings is 1. The van der Waals surface area contributed by atoms with Crippen LogP contribution in [0.4, 0.5) is 5.69 Å². The topological polar surface area (TPSA) is 47.6 Å². The van der Waals surface area contributed by atoms with E-state index < -0.39 is 0 Å². The fourth-order valence-electron chi connectivity index (χ4n) is 2.46. The molecular formula is C14H17NO3. The summed E-state index contributed by atoms with van der Waals surface area (Å²) in [6, 6.07) is 7.76. The molecular weight excluding hydrogens is 230 g/mol. The van der Waals surface area contributed by atoms with Crippen molar-refractivity contribution in [2.45, 2.75) is 18.9 Å². The highest BCUT2D eigenvalue weighted by Gasteiger charge is 2.28. The smallest absolute Gasteiger partial charge is 0.328 e. The first kappa shape index (κ1) is 11.5. The summed E-state index contributed by atoms with van der Waals surface area (Å²) in [7, 11) is 0. The zero-order chi connectivity index (χ0) is 12.4. The normalized spacial score (nSPS) is 25.6. The van der Waals surface area contributed by atoms with E-state index in [1.807, 2.05) is 24.3 Å². The maximum Gasteiger partial charge on any atom is 0.328 e. The summed E-state index contributed by atoms with van der Waals surface area (Å²) in [5, 5.41) is 3.20. The van der Waals surface area contributed by atoms with Crippen LogP contribution >= 0.6 is 0 Å². The van der Waals surface area contributed by atoms with Crippen LogP contribution in [0, 0.1) is 5.92 Å². The van der Waals surface area contributed by atoms with Crippen molar-refractivity contribution in [1.29, 1.82) is 0 Å². The molecule has 0 spiro atoms. The second-order valence-electron chi connectivity index (χ2n) is 4.92. The van der Waals surface area contributed by atoms with Gasteiger partial charge in [-0.1, -0.05) is 18.2 Å². The Labute approximate surface area is 106 Å². The fourth-order valence-corrected chi connectivity index (χ4v) is 2.46. The van der Waals surface area contributed by atoms with Crippen LogP contribution in [-0.2, 0) is 20.7 Å². The SMILES string of the molecule is O=C(OCC1CCOC1)[C@@H]1Cc2ccccc2N1. The molecule has 18 heavy (non-hydrogen) atoms. The minimum Gasteiger partial charge on any atom is -0.464 e. The van der Waals surface area contributed by atoms with Crippen LogP contribution in [0.2, 0.25) is 0 Å². The van der Waals surface area contributed by atoms with Gasteiger partial charge in [-0.25, -0.2) is 4.79 Å². The predicted octanol–water partition coefficient (Wildman–Crippen LogP) is 1.60. The number of para-hydroxylation sites is 1. The lowest BCUT2D eigenvalue weighted by atomic mass is 10.1. The first-order valence-electron chi connectivity index (χ1n) is 6.42. The van der Waals surface area contributed by atoms with E-state index in [2.05, 4.69) is 5.32 Å². The maximum absolute atomic E-state index is 11.9. The molecule has 1 N–H and O–H groups in total. The molecule has 2 heterocycles. The van der Waals surface area contributed by atoms with Crippen molar-refractivity contribution in [3.63, 3.8) is 0 Å². The summed E-state index contributed by atoms with van der Waals surface area (Å²) in [6.07, 6.45) is 1.71. The number of rotatable bonds is 3. The zero-order valence-electron chi connectivity index (χ0n) is 10.2. The van der Waals surface area contributed by atoms with Crippen LogP contribution in [0.1, 0.15) is 12.0 Å². The standard InChI is InChI=1S/C14H17NO3/c16-14(18-9-10-5-6-17-8-10)13-7-11-3-1-2-4-12(11)15-13/h1-4,10,13,15H,5-9H2/t10?,13-/m0/s1. The van der Waals surface area contributed by atoms with E-state index >= 15 is 0 Å². The number of anilines is 1. The van der Waals surface area contributed by atoms with Gasteiger partial charge in [-0.15, -0.1) is 0 Å². The van der Waals surface area contributed by atoms with Crippen molar-refractivity contribution in [3.05, 3.63) is 29.8 Å². The largest absolute Gasteiger partial charge is 0.464 e. The lowest BCUT2D eigenvalue weighted by Crippen LogP contribution is -2.30. The summed E-state index contributed by atoms with van der Waals surface area (Å²) in [5.74, 6) is 0.218. The van der Waals surface area contributed by atoms with Gasteiger partial charge in [0.2, 0.25) is 0 Å². The first-order valence-corrected chi connectivity index (χ1v) is 6.42. The highest BCUT2D eigenvalue weighted by atomic mass is 16.5. The third kappa shape index (κ3) is 2.34. The maximum atomic E-state index is 11.9. The lowest BCUT2D eigenvalue weighted by Gasteiger charge is -2.13. The third-order valence-electron chi connectivity index (χ3n) is 3.54. The van der Waals surface area contributed by atoms with Gasteiger partial charge in [0.1, 0.15) is 6.04 Å². The number of esters is 1. The predicted molar refractivity (Wildman–Crippen MR) is 67.4 cm³/mol. The van der Waals surface area contributed by atoms with E-state index in [0.29, 0.717) is 19.1 Å². The molecule has 0 bridgehead atoms. The molecule has 1 aromatic rings. The van der Waals surface area contributed by atoms with Gasteiger partial charge in [0.05, 0.1) is 13.2 Å². The number of ether oxygens (including phenoxy) is 2. The number of hydrogen-bond donors (Lipinski definition) is 1. The van der Waals surface area contributed by atoms with E-state index in [0.717, 1.165) is 25.1 Å². The quantitative estimate of drug-likeness (QED) is 0.824. The minimum atomic E-state index is -0.232. The van der Waals surface area contributed by atoms with Gasteiger partial charge < -0.3 is 14.8 Å². The van der Waals surface area contributed by atoms with Gasteiger partial charge in [-0.2, -0.15) is 0 Å². The molecule has 4 nitrogen and oxygen atoms in total. The average molecular weight is 247 g/mol. The second-order valence-corrected chi connectivity index (χ2v) is 4.92. The van der Waals surface area contributed by atoms with Gasteiger partial charge >= 0.3 is 5.97 Å². The zero-order valence-corrected chi connectivity index (χ0v) is 10.2. The molecule has 0 aliphatic carbocycles. The van der Waals surface area contributed by atoms with E-state index in [9.17, 15) is 4.79 Å². The second kappa shape index (κ2) is 4.98. The fraction of sp³-hybridized carbons (Fsp3) is 0.500. The highest BCUT2D eigenvalue weighted by molar-refractivity contribution is 5.82. The Morgan fingerprint density at radius 2 is 2.33 bits per heavy atom. The molecule has 2 aliphatic heterocycles. The van der Waals surface area contributed by atoms with Gasteiger partial charge in [0, 0.05) is 24.6 Å². The van der Waals surface area contributed by atoms with E-state index in [1.165, 1.54) is 5.56 Å². The van der Waals surface area contributed by atoms with Crippen LogP contribution in [-0.4, -0.2) is 31.8 Å². The van der Waals surface area contributed by atoms with Crippen molar-refractivity contribution < 1.29 is 14.3 Å². The van der Waals surface area contributed by atoms with Gasteiger partial charge in [-0.05, 0) is 18.1 Å². The molecule has 0 amide bonds. The molecule has 2 atom stereocenters. The Morgan fingerprint density at radius 1 is 1.44 bits per heavy atom. The Morgan fingerprint density at radius 3 is 3.11 bits per heavy atom. The highest BCUT2D eigenvalue weighted by Crippen LogP contribution is 2.25. The van der Waals surface area contributed by atoms with E-state index in [-0.39, 0.29) is 12.0 Å². The first-order chi connectivity index (χ1) is 8.83. The summed E-state index contributed by atoms with van der Waals surface area (Å²) >= 11 is 0. The molecule has 96 valence electrons. The molecule has 4 heteroatoms. The van der Waals surface area contributed by atoms with Crippen molar-refractivity contribution in [2.75, 3.05) is 25.1 Å². The number of fused-ring (bicyclic) bond motifs is 1. The van der Waals surface area contributed by atoms with E-state index in [4.69, 9.17) is 9.47 Å². The van der Waals surface area contributed by atoms with Crippen LogP contribution in [0.15, 0.2) is 24.3 Å². The molecule has 0 aromatic heterocycles. The van der Waals surface area contributed by atoms with E-state index in [1.54, 1.807) is 0 Å². The van der Waals surface area contributed by atoms with Gasteiger partial charge in [0.15, 0.2) is 0 Å². The Bertz CT molecular complexity index is 415. The molecule has 2 aliphatic rings. The van der Waals surface area contributed by atoms with Crippen LogP contribution < -0.4 is 5.32 Å². The summed E-state index contributed by atoms with van der Waals surface area (Å²) in [5.41, 5.74) is 2.23. The Hall–Kier alpha value is -1.55. The van der Waals surface area contributed by atoms with Crippen molar-refractivity contribution >= 4 is 11.7 Å². The van der Waals surface area contributed by atoms with Crippen LogP contribution in [0.3, 0.4) is 0 Å². The summed E-state index contributed by atoms with van der Waals surface area (Å²) in [6.45, 7) is 1.98. The molecule has 1 aromatic carbocycles. The monoisotopic (exact) mass is 247 g/mol. The number of carbonyl (C=O) groups is 1. The van der Waals surface area contributed by atoms with Crippen LogP contribution in [0.5, 0.6) is 0 Å². The molecule has 1 unspecified atom stereocenters. The lowest BCUT2D eigenvalue weighted by molar-refractivity contribution is -0.145. The Balaban J connectivity index is 1.52. The molecule has 1 saturated heterocycles. The summed E-state index contributed by atoms with van der Waals surface area (Å²) in [4.78, 5) is 11.9. The third-order valence-corrected chi connectivity index (χ3v) is 3.54. The number of carbonyl (C=O) groups excluding carboxylic acids is 1. The van der Waals surface area contributed by atoms with Crippen molar-refractivity contribution in [2.24, 2.45) is 5.92 Å². The summed E-state index contributed by atoms with van der Waals surface area (Å²) < 4.78 is 10.6. The molecule has 0 radical (unpaired) electrons. The van der Waals surface area contributed by atoms with Crippen molar-refractivity contribution in [1.82, 2.24) is 0 Å². The number of nitrogens with one attached hydrogen (secondary N) is 1. The van der Waals surface area contributed by atoms with Gasteiger partial charge in [-0.3, -0.25) is 0 Å². The van der Waals surface area contributed by atoms with Crippen LogP contribution in [0.25, 0.3) is 0 Å². The Kier molecular flexibility index (Phi) is 3.19. The molecule has 1 fully saturated rings. The average Bonchev–Trinajstić information content (AvgIpc) is 3.04. The number of hydrogen-bond acceptors (Lipinski definition) is 4. The molecule has 3 rings (SSSR count). The van der Waals surface area contributed by atoms with Gasteiger partial charge in [0.25, 0.3) is 0 Å². The molecule has 0 saturated carbocycles.